The highest BCUT2D eigenvalue weighted by atomic mass is 16.5. The lowest BCUT2D eigenvalue weighted by Crippen LogP contribution is -2.28. The Bertz CT molecular complexity index is 275. The van der Waals surface area contributed by atoms with Crippen LogP contribution >= 0.6 is 0 Å². The number of rotatable bonds is 8. The van der Waals surface area contributed by atoms with Gasteiger partial charge in [0.2, 0.25) is 0 Å². The molecule has 112 valence electrons. The molecule has 0 aliphatic heterocycles. The van der Waals surface area contributed by atoms with Crippen molar-refractivity contribution < 1.29 is 19.4 Å². The molecule has 0 bridgehead atoms. The van der Waals surface area contributed by atoms with Gasteiger partial charge < -0.3 is 14.6 Å². The molecule has 1 N–H and O–H groups in total. The van der Waals surface area contributed by atoms with E-state index in [4.69, 9.17) is 14.6 Å². The van der Waals surface area contributed by atoms with E-state index in [2.05, 4.69) is 0 Å². The highest BCUT2D eigenvalue weighted by Crippen LogP contribution is 2.25. The first-order valence-electron chi connectivity index (χ1n) is 7.33. The largest absolute Gasteiger partial charge is 0.481 e. The fourth-order valence-corrected chi connectivity index (χ4v) is 2.49. The van der Waals surface area contributed by atoms with Gasteiger partial charge in [-0.2, -0.15) is 0 Å². The van der Waals surface area contributed by atoms with Crippen molar-refractivity contribution in [3.8, 4) is 0 Å². The molecule has 2 atom stereocenters. The van der Waals surface area contributed by atoms with Crippen molar-refractivity contribution >= 4 is 5.97 Å². The second kappa shape index (κ2) is 7.85. The summed E-state index contributed by atoms with van der Waals surface area (Å²) >= 11 is 0. The van der Waals surface area contributed by atoms with Crippen molar-refractivity contribution in [3.63, 3.8) is 0 Å². The average molecular weight is 272 g/mol. The second-order valence-electron chi connectivity index (χ2n) is 6.16. The Morgan fingerprint density at radius 3 is 2.58 bits per heavy atom. The van der Waals surface area contributed by atoms with E-state index in [1.165, 1.54) is 6.42 Å². The van der Waals surface area contributed by atoms with Crippen LogP contribution in [0, 0.1) is 5.41 Å². The zero-order valence-corrected chi connectivity index (χ0v) is 12.5. The third-order valence-electron chi connectivity index (χ3n) is 4.04. The molecule has 1 saturated carbocycles. The number of unbranched alkanes of at least 4 members (excludes halogenated alkanes) is 1. The number of methoxy groups -OCH3 is 1. The molecule has 19 heavy (non-hydrogen) atoms. The summed E-state index contributed by atoms with van der Waals surface area (Å²) in [7, 11) is 1.76. The lowest BCUT2D eigenvalue weighted by Gasteiger charge is -2.28. The van der Waals surface area contributed by atoms with Gasteiger partial charge in [-0.3, -0.25) is 4.79 Å². The van der Waals surface area contributed by atoms with Crippen molar-refractivity contribution in [2.75, 3.05) is 13.7 Å². The number of ether oxygens (including phenoxy) is 2. The summed E-state index contributed by atoms with van der Waals surface area (Å²) in [6.07, 6.45) is 7.66. The number of carboxylic acids is 1. The molecule has 0 radical (unpaired) electrons. The van der Waals surface area contributed by atoms with Crippen LogP contribution in [0.2, 0.25) is 0 Å². The summed E-state index contributed by atoms with van der Waals surface area (Å²) in [4.78, 5) is 11.0. The van der Waals surface area contributed by atoms with Crippen LogP contribution in [0.25, 0.3) is 0 Å². The predicted molar refractivity (Wildman–Crippen MR) is 74.3 cm³/mol. The first-order valence-corrected chi connectivity index (χ1v) is 7.33. The summed E-state index contributed by atoms with van der Waals surface area (Å²) < 4.78 is 11.2. The monoisotopic (exact) mass is 272 g/mol. The molecular weight excluding hydrogens is 244 g/mol. The minimum atomic E-state index is -0.719. The van der Waals surface area contributed by atoms with Gasteiger partial charge in [-0.25, -0.2) is 0 Å². The van der Waals surface area contributed by atoms with E-state index in [0.717, 1.165) is 38.7 Å². The van der Waals surface area contributed by atoms with Crippen LogP contribution in [-0.2, 0) is 14.3 Å². The molecule has 1 aliphatic carbocycles. The summed E-state index contributed by atoms with van der Waals surface area (Å²) in [5.74, 6) is -0.719. The highest BCUT2D eigenvalue weighted by molar-refractivity contribution is 5.73. The molecule has 0 heterocycles. The quantitative estimate of drug-likeness (QED) is 0.689. The fraction of sp³-hybridized carbons (Fsp3) is 0.933. The number of carboxylic acid groups (broad SMARTS) is 1. The normalized spacial score (nSPS) is 24.4. The smallest absolute Gasteiger partial charge is 0.309 e. The Morgan fingerprint density at radius 2 is 1.95 bits per heavy atom. The number of carbonyl (C=O) groups is 1. The van der Waals surface area contributed by atoms with Crippen molar-refractivity contribution in [1.29, 1.82) is 0 Å². The molecule has 0 aromatic rings. The Balaban J connectivity index is 2.09. The molecule has 0 amide bonds. The topological polar surface area (TPSA) is 55.8 Å². The average Bonchev–Trinajstić information content (AvgIpc) is 2.38. The van der Waals surface area contributed by atoms with E-state index in [1.54, 1.807) is 21.0 Å². The Labute approximate surface area is 116 Å². The fourth-order valence-electron chi connectivity index (χ4n) is 2.49. The predicted octanol–water partition coefficient (Wildman–Crippen LogP) is 3.24. The molecule has 2 unspecified atom stereocenters. The van der Waals surface area contributed by atoms with Crippen LogP contribution < -0.4 is 0 Å². The molecule has 1 aliphatic rings. The third kappa shape index (κ3) is 5.91. The minimum absolute atomic E-state index is 0.325. The first kappa shape index (κ1) is 16.4. The zero-order valence-electron chi connectivity index (χ0n) is 12.5. The Kier molecular flexibility index (Phi) is 6.80. The van der Waals surface area contributed by atoms with Crippen molar-refractivity contribution in [3.05, 3.63) is 0 Å². The van der Waals surface area contributed by atoms with Crippen LogP contribution in [0.3, 0.4) is 0 Å². The highest BCUT2D eigenvalue weighted by Gasteiger charge is 2.26. The van der Waals surface area contributed by atoms with Gasteiger partial charge in [0.1, 0.15) is 0 Å². The summed E-state index contributed by atoms with van der Waals surface area (Å²) in [5.41, 5.74) is -0.619. The van der Waals surface area contributed by atoms with E-state index in [0.29, 0.717) is 18.6 Å². The van der Waals surface area contributed by atoms with Gasteiger partial charge in [0.15, 0.2) is 0 Å². The van der Waals surface area contributed by atoms with E-state index >= 15 is 0 Å². The van der Waals surface area contributed by atoms with Gasteiger partial charge in [0, 0.05) is 13.7 Å². The molecule has 0 aromatic heterocycles. The van der Waals surface area contributed by atoms with E-state index < -0.39 is 11.4 Å². The maximum absolute atomic E-state index is 11.0. The molecule has 0 saturated heterocycles. The SMILES string of the molecule is COC1CCCC(OCCCCC(C)(C)C(=O)O)C1. The summed E-state index contributed by atoms with van der Waals surface area (Å²) in [5, 5.41) is 9.01. The van der Waals surface area contributed by atoms with Gasteiger partial charge in [-0.05, 0) is 52.4 Å². The first-order chi connectivity index (χ1) is 8.95. The lowest BCUT2D eigenvalue weighted by atomic mass is 9.87. The number of hydrogen-bond acceptors (Lipinski definition) is 3. The van der Waals surface area contributed by atoms with Crippen molar-refractivity contribution in [2.24, 2.45) is 5.41 Å². The van der Waals surface area contributed by atoms with E-state index in [9.17, 15) is 4.79 Å². The van der Waals surface area contributed by atoms with Gasteiger partial charge in [-0.1, -0.05) is 6.42 Å². The zero-order chi connectivity index (χ0) is 14.3. The van der Waals surface area contributed by atoms with Gasteiger partial charge >= 0.3 is 5.97 Å². The third-order valence-corrected chi connectivity index (χ3v) is 4.04. The number of hydrogen-bond donors (Lipinski definition) is 1. The number of aliphatic carboxylic acids is 1. The van der Waals surface area contributed by atoms with Crippen LogP contribution in [-0.4, -0.2) is 37.0 Å². The Morgan fingerprint density at radius 1 is 1.26 bits per heavy atom. The van der Waals surface area contributed by atoms with Crippen LogP contribution in [0.1, 0.15) is 58.8 Å². The maximum atomic E-state index is 11.0. The van der Waals surface area contributed by atoms with Gasteiger partial charge in [-0.15, -0.1) is 0 Å². The molecule has 1 fully saturated rings. The van der Waals surface area contributed by atoms with Gasteiger partial charge in [0.25, 0.3) is 0 Å². The molecule has 4 nitrogen and oxygen atoms in total. The standard InChI is InChI=1S/C15H28O4/c1-15(2,14(16)17)9-4-5-10-19-13-8-6-7-12(11-13)18-3/h12-13H,4-11H2,1-3H3,(H,16,17). The van der Waals surface area contributed by atoms with Gasteiger partial charge in [0.05, 0.1) is 17.6 Å². The molecule has 4 heteroatoms. The van der Waals surface area contributed by atoms with Crippen molar-refractivity contribution in [2.45, 2.75) is 71.0 Å². The molecule has 0 aromatic carbocycles. The lowest BCUT2D eigenvalue weighted by molar-refractivity contribution is -0.147. The van der Waals surface area contributed by atoms with E-state index in [1.807, 2.05) is 0 Å². The Hall–Kier alpha value is -0.610. The minimum Gasteiger partial charge on any atom is -0.481 e. The molecule has 1 rings (SSSR count). The summed E-state index contributed by atoms with van der Waals surface area (Å²) in [6, 6.07) is 0. The second-order valence-corrected chi connectivity index (χ2v) is 6.16. The summed E-state index contributed by atoms with van der Waals surface area (Å²) in [6.45, 7) is 4.29. The van der Waals surface area contributed by atoms with E-state index in [-0.39, 0.29) is 0 Å². The molecule has 0 spiro atoms. The maximum Gasteiger partial charge on any atom is 0.309 e. The van der Waals surface area contributed by atoms with Crippen LogP contribution in [0.4, 0.5) is 0 Å². The molecular formula is C15H28O4. The van der Waals surface area contributed by atoms with Crippen LogP contribution in [0.5, 0.6) is 0 Å². The van der Waals surface area contributed by atoms with Crippen LogP contribution in [0.15, 0.2) is 0 Å². The van der Waals surface area contributed by atoms with Crippen molar-refractivity contribution in [1.82, 2.24) is 0 Å².